The van der Waals surface area contributed by atoms with Gasteiger partial charge in [-0.3, -0.25) is 14.4 Å². The van der Waals surface area contributed by atoms with Crippen LogP contribution in [0.1, 0.15) is 59.1 Å². The van der Waals surface area contributed by atoms with Gasteiger partial charge in [0.1, 0.15) is 11.9 Å². The number of esters is 1. The Morgan fingerprint density at radius 3 is 2.45 bits per heavy atom. The second-order valence-corrected chi connectivity index (χ2v) is 9.43. The first kappa shape index (κ1) is 22.2. The summed E-state index contributed by atoms with van der Waals surface area (Å²) in [5.41, 5.74) is 0.643. The van der Waals surface area contributed by atoms with E-state index in [1.165, 1.54) is 6.07 Å². The molecule has 3 aliphatic heterocycles. The monoisotopic (exact) mass is 457 g/mol. The van der Waals surface area contributed by atoms with Crippen LogP contribution in [0.4, 0.5) is 0 Å². The highest BCUT2D eigenvalue weighted by molar-refractivity contribution is 6.29. The van der Waals surface area contributed by atoms with Crippen LogP contribution < -0.4 is 0 Å². The molecule has 2 saturated heterocycles. The third kappa shape index (κ3) is 3.25. The summed E-state index contributed by atoms with van der Waals surface area (Å²) < 4.78 is 17.1. The number of ether oxygens (including phenoxy) is 3. The highest BCUT2D eigenvalue weighted by Crippen LogP contribution is 2.45. The molecule has 9 heteroatoms. The standard InChI is InChI=1S/C24H27NO8/c1-9-17-19(24-15(31-9)8-16(26)33-24)22(29)12-6-5-11(21(28)18(12)23(17)30)14-7-13(25(3)4)20(27)10(2)32-14/h5-6,9-10,13-15,20,24,27-28H,7-8H2,1-4H3/t9-,10-,13-,14-,15-,20+,24+/m1/s1. The topological polar surface area (TPSA) is 123 Å². The molecule has 9 nitrogen and oxygen atoms in total. The molecule has 1 aromatic rings. The molecule has 3 heterocycles. The SMILES string of the molecule is C[C@H]1O[C@@H]2CC(=O)O[C@@H]2C2=C1C(=O)c1c(ccc([C@H]3C[C@@H](N(C)C)[C@@H](O)[C@@H](C)O3)c1O)C2=O. The van der Waals surface area contributed by atoms with Crippen molar-refractivity contribution in [3.05, 3.63) is 40.0 Å². The maximum Gasteiger partial charge on any atom is 0.309 e. The number of aliphatic hydroxyl groups is 1. The summed E-state index contributed by atoms with van der Waals surface area (Å²) in [6.07, 6.45) is -3.57. The number of hydrogen-bond donors (Lipinski definition) is 2. The molecule has 0 amide bonds. The summed E-state index contributed by atoms with van der Waals surface area (Å²) in [4.78, 5) is 40.7. The van der Waals surface area contributed by atoms with Crippen LogP contribution in [0.25, 0.3) is 0 Å². The van der Waals surface area contributed by atoms with Gasteiger partial charge in [-0.15, -0.1) is 0 Å². The average Bonchev–Trinajstić information content (AvgIpc) is 3.12. The van der Waals surface area contributed by atoms with Crippen LogP contribution in [0.15, 0.2) is 23.3 Å². The fourth-order valence-electron chi connectivity index (χ4n) is 5.51. The number of benzene rings is 1. The molecule has 1 aliphatic carbocycles. The van der Waals surface area contributed by atoms with E-state index in [0.717, 1.165) is 0 Å². The molecule has 4 aliphatic rings. The van der Waals surface area contributed by atoms with Crippen molar-refractivity contribution in [1.82, 2.24) is 4.90 Å². The van der Waals surface area contributed by atoms with Gasteiger partial charge in [0.25, 0.3) is 0 Å². The number of aliphatic hydroxyl groups excluding tert-OH is 1. The number of aromatic hydroxyl groups is 1. The first-order valence-electron chi connectivity index (χ1n) is 11.1. The van der Waals surface area contributed by atoms with E-state index in [-0.39, 0.29) is 40.5 Å². The molecule has 0 bridgehead atoms. The Bertz CT molecular complexity index is 1090. The fraction of sp³-hybridized carbons (Fsp3) is 0.542. The second kappa shape index (κ2) is 7.73. The van der Waals surface area contributed by atoms with E-state index < -0.39 is 54.2 Å². The fourth-order valence-corrected chi connectivity index (χ4v) is 5.51. The second-order valence-electron chi connectivity index (χ2n) is 9.43. The Labute approximate surface area is 190 Å². The quantitative estimate of drug-likeness (QED) is 0.633. The van der Waals surface area contributed by atoms with Crippen molar-refractivity contribution in [2.75, 3.05) is 14.1 Å². The molecule has 0 aromatic heterocycles. The maximum atomic E-state index is 13.5. The minimum Gasteiger partial charge on any atom is -0.507 e. The first-order valence-corrected chi connectivity index (χ1v) is 11.1. The summed E-state index contributed by atoms with van der Waals surface area (Å²) in [5.74, 6) is -1.74. The molecule has 0 unspecified atom stereocenters. The van der Waals surface area contributed by atoms with Gasteiger partial charge in [0.15, 0.2) is 17.7 Å². The predicted molar refractivity (Wildman–Crippen MR) is 114 cm³/mol. The van der Waals surface area contributed by atoms with E-state index in [4.69, 9.17) is 14.2 Å². The van der Waals surface area contributed by atoms with Crippen molar-refractivity contribution in [3.63, 3.8) is 0 Å². The van der Waals surface area contributed by atoms with Crippen molar-refractivity contribution in [2.45, 2.75) is 69.4 Å². The Morgan fingerprint density at radius 2 is 1.76 bits per heavy atom. The molecule has 2 N–H and O–H groups in total. The summed E-state index contributed by atoms with van der Waals surface area (Å²) in [6.45, 7) is 3.41. The van der Waals surface area contributed by atoms with Crippen LogP contribution in [0, 0.1) is 0 Å². The number of carbonyl (C=O) groups excluding carboxylic acids is 3. The smallest absolute Gasteiger partial charge is 0.309 e. The molecule has 33 heavy (non-hydrogen) atoms. The van der Waals surface area contributed by atoms with Crippen molar-refractivity contribution in [2.24, 2.45) is 0 Å². The highest BCUT2D eigenvalue weighted by Gasteiger charge is 2.51. The minimum absolute atomic E-state index is 0.0282. The van der Waals surface area contributed by atoms with Gasteiger partial charge in [-0.25, -0.2) is 0 Å². The van der Waals surface area contributed by atoms with Crippen molar-refractivity contribution in [3.8, 4) is 5.75 Å². The normalized spacial score (nSPS) is 35.9. The lowest BCUT2D eigenvalue weighted by Gasteiger charge is -2.41. The third-order valence-electron chi connectivity index (χ3n) is 7.21. The summed E-state index contributed by atoms with van der Waals surface area (Å²) in [7, 11) is 3.72. The molecular formula is C24H27NO8. The van der Waals surface area contributed by atoms with Crippen LogP contribution in [-0.2, 0) is 19.0 Å². The number of ketones is 2. The van der Waals surface area contributed by atoms with E-state index in [2.05, 4.69) is 0 Å². The van der Waals surface area contributed by atoms with Crippen LogP contribution >= 0.6 is 0 Å². The van der Waals surface area contributed by atoms with Gasteiger partial charge in [-0.05, 0) is 40.4 Å². The minimum atomic E-state index is -0.917. The van der Waals surface area contributed by atoms with Crippen LogP contribution in [0.3, 0.4) is 0 Å². The molecule has 176 valence electrons. The predicted octanol–water partition coefficient (Wildman–Crippen LogP) is 1.31. The Kier molecular flexibility index (Phi) is 5.20. The van der Waals surface area contributed by atoms with E-state index in [9.17, 15) is 24.6 Å². The Balaban J connectivity index is 1.57. The van der Waals surface area contributed by atoms with Gasteiger partial charge in [-0.2, -0.15) is 0 Å². The molecular weight excluding hydrogens is 430 g/mol. The van der Waals surface area contributed by atoms with Crippen molar-refractivity contribution < 1.29 is 38.8 Å². The largest absolute Gasteiger partial charge is 0.507 e. The molecule has 0 spiro atoms. The molecule has 0 radical (unpaired) electrons. The van der Waals surface area contributed by atoms with Gasteiger partial charge in [0.05, 0.1) is 42.0 Å². The van der Waals surface area contributed by atoms with Gasteiger partial charge in [0.2, 0.25) is 0 Å². The van der Waals surface area contributed by atoms with Crippen molar-refractivity contribution >= 4 is 17.5 Å². The number of carbonyl (C=O) groups is 3. The lowest BCUT2D eigenvalue weighted by molar-refractivity contribution is -0.142. The summed E-state index contributed by atoms with van der Waals surface area (Å²) >= 11 is 0. The van der Waals surface area contributed by atoms with E-state index in [1.807, 2.05) is 19.0 Å². The lowest BCUT2D eigenvalue weighted by Crippen LogP contribution is -2.50. The molecule has 1 aromatic carbocycles. The number of hydrogen-bond acceptors (Lipinski definition) is 9. The molecule has 5 rings (SSSR count). The number of rotatable bonds is 2. The molecule has 7 atom stereocenters. The zero-order valence-corrected chi connectivity index (χ0v) is 18.9. The zero-order chi connectivity index (χ0) is 23.8. The van der Waals surface area contributed by atoms with Gasteiger partial charge in [-0.1, -0.05) is 6.07 Å². The van der Waals surface area contributed by atoms with Crippen LogP contribution in [-0.4, -0.2) is 83.3 Å². The first-order chi connectivity index (χ1) is 15.6. The number of phenols is 1. The number of phenolic OH excluding ortho intramolecular Hbond substituents is 1. The highest BCUT2D eigenvalue weighted by atomic mass is 16.6. The number of likely N-dealkylation sites (N-methyl/N-ethyl adjacent to an activating group) is 1. The summed E-state index contributed by atoms with van der Waals surface area (Å²) in [5, 5.41) is 21.7. The van der Waals surface area contributed by atoms with E-state index in [0.29, 0.717) is 12.0 Å². The maximum absolute atomic E-state index is 13.5. The van der Waals surface area contributed by atoms with Gasteiger partial charge in [0, 0.05) is 22.7 Å². The van der Waals surface area contributed by atoms with Crippen molar-refractivity contribution in [1.29, 1.82) is 0 Å². The van der Waals surface area contributed by atoms with Crippen LogP contribution in [0.5, 0.6) is 5.75 Å². The molecule has 2 fully saturated rings. The Hall–Kier alpha value is -2.59. The number of fused-ring (bicyclic) bond motifs is 3. The van der Waals surface area contributed by atoms with Gasteiger partial charge >= 0.3 is 5.97 Å². The lowest BCUT2D eigenvalue weighted by atomic mass is 9.76. The average molecular weight is 457 g/mol. The van der Waals surface area contributed by atoms with Gasteiger partial charge < -0.3 is 29.3 Å². The number of nitrogens with zero attached hydrogens (tertiary/aromatic N) is 1. The van der Waals surface area contributed by atoms with Crippen LogP contribution in [0.2, 0.25) is 0 Å². The van der Waals surface area contributed by atoms with E-state index >= 15 is 0 Å². The summed E-state index contributed by atoms with van der Waals surface area (Å²) in [6, 6.07) is 2.90. The van der Waals surface area contributed by atoms with E-state index in [1.54, 1.807) is 19.9 Å². The zero-order valence-electron chi connectivity index (χ0n) is 18.9. The number of Topliss-reactive ketones (excluding diaryl/α,β-unsaturated/α-hetero) is 2. The molecule has 0 saturated carbocycles. The third-order valence-corrected chi connectivity index (χ3v) is 7.21. The Morgan fingerprint density at radius 1 is 1.03 bits per heavy atom.